The maximum atomic E-state index is 11.2. The van der Waals surface area contributed by atoms with E-state index in [0.717, 1.165) is 25.7 Å². The summed E-state index contributed by atoms with van der Waals surface area (Å²) in [6, 6.07) is 0. The summed E-state index contributed by atoms with van der Waals surface area (Å²) >= 11 is 0. The molecule has 1 rings (SSSR count). The third-order valence-electron chi connectivity index (χ3n) is 4.35. The lowest BCUT2D eigenvalue weighted by atomic mass is 9.62. The van der Waals surface area contributed by atoms with Gasteiger partial charge in [0, 0.05) is 6.42 Å². The minimum absolute atomic E-state index is 0.0623. The summed E-state index contributed by atoms with van der Waals surface area (Å²) in [5.41, 5.74) is 5.12. The first-order valence-electron chi connectivity index (χ1n) is 6.65. The number of carboxylic acids is 1. The van der Waals surface area contributed by atoms with Crippen molar-refractivity contribution in [3.63, 3.8) is 0 Å². The Bertz CT molecular complexity index is 304. The summed E-state index contributed by atoms with van der Waals surface area (Å²) in [6.45, 7) is 6.65. The van der Waals surface area contributed by atoms with Crippen LogP contribution in [0.1, 0.15) is 59.3 Å². The van der Waals surface area contributed by atoms with Gasteiger partial charge in [0.05, 0.1) is 6.42 Å². The van der Waals surface area contributed by atoms with Crippen LogP contribution in [0.4, 0.5) is 0 Å². The fraction of sp³-hybridized carbons (Fsp3) is 0.857. The quantitative estimate of drug-likeness (QED) is 0.810. The van der Waals surface area contributed by atoms with E-state index in [1.807, 2.05) is 0 Å². The van der Waals surface area contributed by atoms with Crippen molar-refractivity contribution in [2.45, 2.75) is 59.3 Å². The summed E-state index contributed by atoms with van der Waals surface area (Å²) in [5, 5.41) is 9.02. The van der Waals surface area contributed by atoms with Gasteiger partial charge in [0.2, 0.25) is 5.91 Å². The highest BCUT2D eigenvalue weighted by atomic mass is 16.4. The van der Waals surface area contributed by atoms with E-state index < -0.39 is 11.4 Å². The lowest BCUT2D eigenvalue weighted by Crippen LogP contribution is -2.37. The predicted octanol–water partition coefficient (Wildman–Crippen LogP) is 2.56. The molecule has 1 aliphatic rings. The van der Waals surface area contributed by atoms with E-state index >= 15 is 0 Å². The first-order chi connectivity index (χ1) is 8.15. The van der Waals surface area contributed by atoms with Crippen LogP contribution in [0.25, 0.3) is 0 Å². The summed E-state index contributed by atoms with van der Waals surface area (Å²) in [7, 11) is 0. The van der Waals surface area contributed by atoms with Crippen LogP contribution in [0.5, 0.6) is 0 Å². The van der Waals surface area contributed by atoms with Gasteiger partial charge >= 0.3 is 5.97 Å². The molecule has 3 N–H and O–H groups in total. The van der Waals surface area contributed by atoms with E-state index in [1.165, 1.54) is 0 Å². The van der Waals surface area contributed by atoms with Crippen LogP contribution in [-0.4, -0.2) is 17.0 Å². The van der Waals surface area contributed by atoms with E-state index in [2.05, 4.69) is 20.8 Å². The molecule has 4 heteroatoms. The van der Waals surface area contributed by atoms with Crippen molar-refractivity contribution in [3.8, 4) is 0 Å². The molecule has 4 nitrogen and oxygen atoms in total. The normalized spacial score (nSPS) is 28.9. The van der Waals surface area contributed by atoms with Crippen LogP contribution in [0.15, 0.2) is 0 Å². The second-order valence-electron chi connectivity index (χ2n) is 6.85. The molecular weight excluding hydrogens is 230 g/mol. The van der Waals surface area contributed by atoms with Gasteiger partial charge in [0.25, 0.3) is 0 Å². The van der Waals surface area contributed by atoms with Crippen molar-refractivity contribution in [2.75, 3.05) is 0 Å². The molecule has 0 aromatic heterocycles. The number of aliphatic carboxylic acids is 1. The standard InChI is InChI=1S/C14H25NO3/c1-13(2,3)10-4-6-14(7-5-10,8-11(15)16)9-12(17)18/h10H,4-9H2,1-3H3,(H2,15,16)(H,17,18). The molecule has 0 radical (unpaired) electrons. The molecule has 0 bridgehead atoms. The van der Waals surface area contributed by atoms with Crippen LogP contribution in [0, 0.1) is 16.7 Å². The van der Waals surface area contributed by atoms with E-state index in [-0.39, 0.29) is 24.2 Å². The largest absolute Gasteiger partial charge is 0.481 e. The smallest absolute Gasteiger partial charge is 0.303 e. The second-order valence-corrected chi connectivity index (χ2v) is 6.85. The van der Waals surface area contributed by atoms with Crippen molar-refractivity contribution in [2.24, 2.45) is 22.5 Å². The monoisotopic (exact) mass is 255 g/mol. The van der Waals surface area contributed by atoms with Gasteiger partial charge in [-0.3, -0.25) is 9.59 Å². The van der Waals surface area contributed by atoms with Crippen molar-refractivity contribution >= 4 is 11.9 Å². The Balaban J connectivity index is 2.73. The summed E-state index contributed by atoms with van der Waals surface area (Å²) in [5.74, 6) is -0.608. The SMILES string of the molecule is CC(C)(C)C1CCC(CC(N)=O)(CC(=O)O)CC1. The fourth-order valence-electron chi connectivity index (χ4n) is 3.20. The number of carbonyl (C=O) groups is 2. The summed E-state index contributed by atoms with van der Waals surface area (Å²) < 4.78 is 0. The molecule has 1 aliphatic carbocycles. The highest BCUT2D eigenvalue weighted by Gasteiger charge is 2.40. The minimum atomic E-state index is -0.828. The molecule has 0 spiro atoms. The second kappa shape index (κ2) is 5.29. The lowest BCUT2D eigenvalue weighted by molar-refractivity contribution is -0.141. The zero-order valence-corrected chi connectivity index (χ0v) is 11.7. The number of amides is 1. The first kappa shape index (κ1) is 15.0. The van der Waals surface area contributed by atoms with E-state index in [1.54, 1.807) is 0 Å². The molecular formula is C14H25NO3. The average Bonchev–Trinajstić information content (AvgIpc) is 2.13. The lowest BCUT2D eigenvalue weighted by Gasteiger charge is -2.43. The maximum Gasteiger partial charge on any atom is 0.303 e. The Morgan fingerprint density at radius 1 is 1.22 bits per heavy atom. The number of primary amides is 1. The number of rotatable bonds is 4. The van der Waals surface area contributed by atoms with E-state index in [4.69, 9.17) is 10.8 Å². The van der Waals surface area contributed by atoms with Crippen LogP contribution >= 0.6 is 0 Å². The van der Waals surface area contributed by atoms with Crippen LogP contribution in [0.3, 0.4) is 0 Å². The van der Waals surface area contributed by atoms with Gasteiger partial charge in [0.15, 0.2) is 0 Å². The molecule has 0 atom stereocenters. The van der Waals surface area contributed by atoms with Gasteiger partial charge in [0.1, 0.15) is 0 Å². The van der Waals surface area contributed by atoms with Crippen LogP contribution < -0.4 is 5.73 Å². The van der Waals surface area contributed by atoms with Crippen LogP contribution in [-0.2, 0) is 9.59 Å². The predicted molar refractivity (Wildman–Crippen MR) is 69.9 cm³/mol. The Hall–Kier alpha value is -1.06. The molecule has 0 aromatic rings. The Morgan fingerprint density at radius 3 is 2.06 bits per heavy atom. The zero-order chi connectivity index (χ0) is 14.0. The van der Waals surface area contributed by atoms with Gasteiger partial charge in [-0.15, -0.1) is 0 Å². The van der Waals surface area contributed by atoms with Crippen molar-refractivity contribution < 1.29 is 14.7 Å². The van der Waals surface area contributed by atoms with Gasteiger partial charge in [-0.1, -0.05) is 20.8 Å². The molecule has 0 heterocycles. The molecule has 1 fully saturated rings. The molecule has 0 saturated heterocycles. The highest BCUT2D eigenvalue weighted by Crippen LogP contribution is 2.48. The van der Waals surface area contributed by atoms with Crippen molar-refractivity contribution in [3.05, 3.63) is 0 Å². The molecule has 1 amide bonds. The molecule has 0 aliphatic heterocycles. The Kier molecular flexibility index (Phi) is 4.41. The van der Waals surface area contributed by atoms with Gasteiger partial charge < -0.3 is 10.8 Å². The summed E-state index contributed by atoms with van der Waals surface area (Å²) in [4.78, 5) is 22.1. The topological polar surface area (TPSA) is 80.4 Å². The maximum absolute atomic E-state index is 11.2. The third-order valence-corrected chi connectivity index (χ3v) is 4.35. The number of hydrogen-bond donors (Lipinski definition) is 2. The van der Waals surface area contributed by atoms with Gasteiger partial charge in [-0.2, -0.15) is 0 Å². The molecule has 1 saturated carbocycles. The Morgan fingerprint density at radius 2 is 1.72 bits per heavy atom. The van der Waals surface area contributed by atoms with Gasteiger partial charge in [-0.25, -0.2) is 0 Å². The number of carbonyl (C=O) groups excluding carboxylic acids is 1. The molecule has 104 valence electrons. The van der Waals surface area contributed by atoms with E-state index in [0.29, 0.717) is 5.92 Å². The minimum Gasteiger partial charge on any atom is -0.481 e. The van der Waals surface area contributed by atoms with Crippen molar-refractivity contribution in [1.29, 1.82) is 0 Å². The summed E-state index contributed by atoms with van der Waals surface area (Å²) in [6.07, 6.45) is 3.84. The number of hydrogen-bond acceptors (Lipinski definition) is 2. The average molecular weight is 255 g/mol. The third kappa shape index (κ3) is 4.00. The molecule has 18 heavy (non-hydrogen) atoms. The van der Waals surface area contributed by atoms with Gasteiger partial charge in [-0.05, 0) is 42.4 Å². The highest BCUT2D eigenvalue weighted by molar-refractivity contribution is 5.76. The number of nitrogens with two attached hydrogens (primary N) is 1. The Labute approximate surface area is 109 Å². The van der Waals surface area contributed by atoms with E-state index in [9.17, 15) is 9.59 Å². The molecule has 0 unspecified atom stereocenters. The van der Waals surface area contributed by atoms with Crippen molar-refractivity contribution in [1.82, 2.24) is 0 Å². The molecule has 0 aromatic carbocycles. The fourth-order valence-corrected chi connectivity index (χ4v) is 3.20. The first-order valence-corrected chi connectivity index (χ1v) is 6.65. The number of carboxylic acid groups (broad SMARTS) is 1. The van der Waals surface area contributed by atoms with Crippen LogP contribution in [0.2, 0.25) is 0 Å². The zero-order valence-electron chi connectivity index (χ0n) is 11.7.